The number of fused-ring (bicyclic) bond motifs is 1. The minimum absolute atomic E-state index is 0.0315. The molecule has 1 aliphatic heterocycles. The number of aromatic amines is 1. The summed E-state index contributed by atoms with van der Waals surface area (Å²) in [5.74, 6) is 0.811. The number of benzene rings is 1. The maximum atomic E-state index is 11.8. The number of H-pyrrole nitrogens is 1. The molecule has 3 rings (SSSR count). The van der Waals surface area contributed by atoms with Gasteiger partial charge in [-0.25, -0.2) is 0 Å². The summed E-state index contributed by atoms with van der Waals surface area (Å²) in [6.45, 7) is 6.18. The third kappa shape index (κ3) is 1.93. The van der Waals surface area contributed by atoms with Gasteiger partial charge in [0.15, 0.2) is 5.82 Å². The van der Waals surface area contributed by atoms with Gasteiger partial charge < -0.3 is 5.32 Å². The smallest absolute Gasteiger partial charge is 0.226 e. The fourth-order valence-corrected chi connectivity index (χ4v) is 2.91. The van der Waals surface area contributed by atoms with Crippen molar-refractivity contribution in [2.45, 2.75) is 33.1 Å². The normalized spacial score (nSPS) is 18.1. The summed E-state index contributed by atoms with van der Waals surface area (Å²) in [6, 6.07) is 6.39. The largest absolute Gasteiger partial charge is 0.309 e. The lowest BCUT2D eigenvalue weighted by molar-refractivity contribution is -0.116. The Kier molecular flexibility index (Phi) is 2.66. The maximum absolute atomic E-state index is 11.8. The third-order valence-electron chi connectivity index (χ3n) is 3.79. The van der Waals surface area contributed by atoms with Crippen LogP contribution in [0.4, 0.5) is 5.82 Å². The fourth-order valence-electron chi connectivity index (χ4n) is 2.91. The number of aromatic nitrogens is 2. The van der Waals surface area contributed by atoms with Crippen molar-refractivity contribution < 1.29 is 4.79 Å². The van der Waals surface area contributed by atoms with Crippen LogP contribution >= 0.6 is 0 Å². The van der Waals surface area contributed by atoms with Crippen LogP contribution in [0.15, 0.2) is 18.2 Å². The summed E-state index contributed by atoms with van der Waals surface area (Å²) in [6.07, 6.45) is 0.483. The molecule has 0 radical (unpaired) electrons. The molecule has 0 spiro atoms. The highest BCUT2D eigenvalue weighted by Gasteiger charge is 2.31. The van der Waals surface area contributed by atoms with Crippen LogP contribution in [0.5, 0.6) is 0 Å². The molecule has 1 amide bonds. The van der Waals surface area contributed by atoms with Gasteiger partial charge in [0.2, 0.25) is 5.91 Å². The van der Waals surface area contributed by atoms with Gasteiger partial charge in [-0.05, 0) is 31.9 Å². The minimum Gasteiger partial charge on any atom is -0.309 e. The number of rotatable bonds is 1. The van der Waals surface area contributed by atoms with Gasteiger partial charge in [-0.3, -0.25) is 9.89 Å². The lowest BCUT2D eigenvalue weighted by Crippen LogP contribution is -2.23. The molecule has 19 heavy (non-hydrogen) atoms. The molecule has 0 saturated carbocycles. The van der Waals surface area contributed by atoms with Crippen LogP contribution < -0.4 is 5.32 Å². The average molecular weight is 255 g/mol. The number of aryl methyl sites for hydroxylation is 3. The van der Waals surface area contributed by atoms with Crippen LogP contribution in [-0.2, 0) is 4.79 Å². The average Bonchev–Trinajstić information content (AvgIpc) is 2.70. The Balaban J connectivity index is 2.14. The van der Waals surface area contributed by atoms with Gasteiger partial charge in [-0.2, -0.15) is 5.10 Å². The Labute approximate surface area is 112 Å². The molecule has 4 nitrogen and oxygen atoms in total. The lowest BCUT2D eigenvalue weighted by Gasteiger charge is -2.24. The van der Waals surface area contributed by atoms with Crippen molar-refractivity contribution in [3.63, 3.8) is 0 Å². The molecular weight excluding hydrogens is 238 g/mol. The predicted molar refractivity (Wildman–Crippen MR) is 74.3 cm³/mol. The number of amides is 1. The highest BCUT2D eigenvalue weighted by atomic mass is 16.1. The second kappa shape index (κ2) is 4.23. The van der Waals surface area contributed by atoms with Gasteiger partial charge in [0.1, 0.15) is 0 Å². The topological polar surface area (TPSA) is 57.8 Å². The van der Waals surface area contributed by atoms with Crippen molar-refractivity contribution in [1.82, 2.24) is 10.2 Å². The molecule has 2 heterocycles. The molecule has 2 N–H and O–H groups in total. The van der Waals surface area contributed by atoms with Crippen LogP contribution in [0.3, 0.4) is 0 Å². The van der Waals surface area contributed by atoms with E-state index in [1.165, 1.54) is 16.7 Å². The number of carbonyl (C=O) groups excluding carboxylic acids is 1. The van der Waals surface area contributed by atoms with Crippen LogP contribution in [0.2, 0.25) is 0 Å². The molecule has 0 bridgehead atoms. The Morgan fingerprint density at radius 1 is 1.26 bits per heavy atom. The highest BCUT2D eigenvalue weighted by molar-refractivity contribution is 5.94. The first-order valence-corrected chi connectivity index (χ1v) is 6.48. The molecular formula is C15H17N3O. The zero-order chi connectivity index (χ0) is 13.6. The third-order valence-corrected chi connectivity index (χ3v) is 3.79. The summed E-state index contributed by atoms with van der Waals surface area (Å²) < 4.78 is 0. The number of hydrogen-bond acceptors (Lipinski definition) is 2. The summed E-state index contributed by atoms with van der Waals surface area (Å²) >= 11 is 0. The quantitative estimate of drug-likeness (QED) is 0.823. The Morgan fingerprint density at radius 2 is 2.05 bits per heavy atom. The fraction of sp³-hybridized carbons (Fsp3) is 0.333. The first-order valence-electron chi connectivity index (χ1n) is 6.48. The molecule has 1 atom stereocenters. The second-order valence-corrected chi connectivity index (χ2v) is 5.28. The number of nitrogens with zero attached hydrogens (tertiary/aromatic N) is 1. The maximum Gasteiger partial charge on any atom is 0.226 e. The molecule has 1 aromatic heterocycles. The van der Waals surface area contributed by atoms with E-state index in [0.717, 1.165) is 11.3 Å². The van der Waals surface area contributed by atoms with Gasteiger partial charge in [-0.1, -0.05) is 23.8 Å². The number of carbonyl (C=O) groups is 1. The van der Waals surface area contributed by atoms with Crippen LogP contribution in [-0.4, -0.2) is 16.1 Å². The van der Waals surface area contributed by atoms with Gasteiger partial charge in [-0.15, -0.1) is 0 Å². The van der Waals surface area contributed by atoms with Crippen molar-refractivity contribution in [1.29, 1.82) is 0 Å². The van der Waals surface area contributed by atoms with E-state index in [2.05, 4.69) is 47.6 Å². The van der Waals surface area contributed by atoms with Crippen molar-refractivity contribution in [2.75, 3.05) is 5.32 Å². The molecule has 98 valence electrons. The van der Waals surface area contributed by atoms with Crippen molar-refractivity contribution in [3.05, 3.63) is 46.1 Å². The minimum atomic E-state index is 0.0315. The lowest BCUT2D eigenvalue weighted by atomic mass is 9.83. The molecule has 4 heteroatoms. The number of hydrogen-bond donors (Lipinski definition) is 2. The first-order chi connectivity index (χ1) is 9.06. The van der Waals surface area contributed by atoms with Crippen LogP contribution in [0.25, 0.3) is 0 Å². The van der Waals surface area contributed by atoms with Gasteiger partial charge >= 0.3 is 0 Å². The monoisotopic (exact) mass is 255 g/mol. The van der Waals surface area contributed by atoms with E-state index in [4.69, 9.17) is 0 Å². The molecule has 2 aromatic rings. The standard InChI is InChI=1S/C15H17N3O/c1-8-4-5-11(9(2)6-8)12-7-13(19)16-15-14(12)10(3)17-18-15/h4-6,12H,7H2,1-3H3,(H2,16,17,18,19). The van der Waals surface area contributed by atoms with Crippen LogP contribution in [0, 0.1) is 20.8 Å². The van der Waals surface area contributed by atoms with E-state index in [-0.39, 0.29) is 11.8 Å². The summed E-state index contributed by atoms with van der Waals surface area (Å²) in [5, 5.41) is 9.97. The molecule has 1 aliphatic rings. The van der Waals surface area contributed by atoms with E-state index < -0.39 is 0 Å². The van der Waals surface area contributed by atoms with E-state index in [1.807, 2.05) is 6.92 Å². The van der Waals surface area contributed by atoms with E-state index in [9.17, 15) is 4.79 Å². The molecule has 0 fully saturated rings. The van der Waals surface area contributed by atoms with Crippen LogP contribution in [0.1, 0.15) is 40.3 Å². The highest BCUT2D eigenvalue weighted by Crippen LogP contribution is 2.39. The molecule has 1 aromatic carbocycles. The molecule has 1 unspecified atom stereocenters. The van der Waals surface area contributed by atoms with Crippen molar-refractivity contribution >= 4 is 11.7 Å². The SMILES string of the molecule is Cc1ccc(C2CC(=O)Nc3n[nH]c(C)c32)c(C)c1. The van der Waals surface area contributed by atoms with E-state index >= 15 is 0 Å². The van der Waals surface area contributed by atoms with Gasteiger partial charge in [0, 0.05) is 23.6 Å². The zero-order valence-corrected chi connectivity index (χ0v) is 11.4. The number of nitrogens with one attached hydrogen (secondary N) is 2. The summed E-state index contributed by atoms with van der Waals surface area (Å²) in [4.78, 5) is 11.8. The second-order valence-electron chi connectivity index (χ2n) is 5.28. The molecule has 0 aliphatic carbocycles. The van der Waals surface area contributed by atoms with E-state index in [0.29, 0.717) is 12.2 Å². The summed E-state index contributed by atoms with van der Waals surface area (Å²) in [7, 11) is 0. The first kappa shape index (κ1) is 12.0. The Hall–Kier alpha value is -2.10. The molecule has 0 saturated heterocycles. The van der Waals surface area contributed by atoms with Gasteiger partial charge in [0.05, 0.1) is 0 Å². The summed E-state index contributed by atoms with van der Waals surface area (Å²) in [5.41, 5.74) is 5.83. The van der Waals surface area contributed by atoms with Gasteiger partial charge in [0.25, 0.3) is 0 Å². The zero-order valence-electron chi connectivity index (χ0n) is 11.4. The Bertz CT molecular complexity index is 657. The van der Waals surface area contributed by atoms with Crippen molar-refractivity contribution in [2.24, 2.45) is 0 Å². The predicted octanol–water partition coefficient (Wildman–Crippen LogP) is 2.81. The van der Waals surface area contributed by atoms with Crippen molar-refractivity contribution in [3.8, 4) is 0 Å². The van der Waals surface area contributed by atoms with E-state index in [1.54, 1.807) is 0 Å². The Morgan fingerprint density at radius 3 is 2.79 bits per heavy atom. The number of anilines is 1.